The Morgan fingerprint density at radius 3 is 1.43 bits per heavy atom. The molecule has 0 fully saturated rings. The summed E-state index contributed by atoms with van der Waals surface area (Å²) in [6, 6.07) is -0.733. The zero-order chi connectivity index (χ0) is 41.4. The number of carbonyl (C=O) groups is 3. The summed E-state index contributed by atoms with van der Waals surface area (Å²) < 4.78 is 17.1. The van der Waals surface area contributed by atoms with Crippen LogP contribution in [-0.2, 0) is 28.6 Å². The van der Waals surface area contributed by atoms with Gasteiger partial charge in [0.1, 0.15) is 12.6 Å². The van der Waals surface area contributed by atoms with Gasteiger partial charge in [0.05, 0.1) is 40.3 Å². The number of esters is 2. The zero-order valence-corrected chi connectivity index (χ0v) is 36.3. The summed E-state index contributed by atoms with van der Waals surface area (Å²) >= 11 is 0. The van der Waals surface area contributed by atoms with Gasteiger partial charge in [-0.15, -0.1) is 0 Å². The molecule has 0 rings (SSSR count). The van der Waals surface area contributed by atoms with Crippen LogP contribution >= 0.6 is 0 Å². The van der Waals surface area contributed by atoms with Gasteiger partial charge in [-0.05, 0) is 77.0 Å². The molecule has 0 N–H and O–H groups in total. The Hall–Kier alpha value is -3.23. The van der Waals surface area contributed by atoms with Crippen LogP contribution in [0.1, 0.15) is 162 Å². The Balaban J connectivity index is 4.21. The molecule has 2 atom stereocenters. The second kappa shape index (κ2) is 38.6. The van der Waals surface area contributed by atoms with Crippen molar-refractivity contribution in [2.75, 3.05) is 41.0 Å². The molecule has 0 aliphatic heterocycles. The van der Waals surface area contributed by atoms with Crippen LogP contribution in [0.4, 0.5) is 0 Å². The second-order valence-electron chi connectivity index (χ2n) is 15.5. The number of hydrogen-bond acceptors (Lipinski definition) is 7. The first-order valence-corrected chi connectivity index (χ1v) is 22.0. The van der Waals surface area contributed by atoms with E-state index >= 15 is 0 Å². The molecule has 56 heavy (non-hydrogen) atoms. The minimum absolute atomic E-state index is 0.0231. The van der Waals surface area contributed by atoms with Crippen LogP contribution in [0.15, 0.2) is 72.9 Å². The largest absolute Gasteiger partial charge is 0.544 e. The Morgan fingerprint density at radius 2 is 0.946 bits per heavy atom. The van der Waals surface area contributed by atoms with Crippen LogP contribution in [0.3, 0.4) is 0 Å². The average Bonchev–Trinajstić information content (AvgIpc) is 3.15. The van der Waals surface area contributed by atoms with E-state index in [-0.39, 0.29) is 49.1 Å². The number of carbonyl (C=O) groups excluding carboxylic acids is 3. The van der Waals surface area contributed by atoms with E-state index in [1.165, 1.54) is 51.4 Å². The summed E-state index contributed by atoms with van der Waals surface area (Å²) in [5, 5.41) is 11.6. The van der Waals surface area contributed by atoms with E-state index in [2.05, 4.69) is 86.8 Å². The van der Waals surface area contributed by atoms with Crippen LogP contribution in [0.25, 0.3) is 0 Å². The van der Waals surface area contributed by atoms with Crippen molar-refractivity contribution in [3.05, 3.63) is 72.9 Å². The van der Waals surface area contributed by atoms with Crippen molar-refractivity contribution in [3.63, 3.8) is 0 Å². The number of aliphatic carboxylic acids is 1. The lowest BCUT2D eigenvalue weighted by Crippen LogP contribution is -2.55. The second-order valence-corrected chi connectivity index (χ2v) is 15.5. The van der Waals surface area contributed by atoms with E-state index in [9.17, 15) is 19.5 Å². The van der Waals surface area contributed by atoms with Gasteiger partial charge in [-0.25, -0.2) is 0 Å². The summed E-state index contributed by atoms with van der Waals surface area (Å²) in [6.07, 6.45) is 48.1. The standard InChI is InChI=1S/C48H81NO7/c1-6-8-10-12-14-16-17-18-19-20-21-22-23-24-25-26-27-28-29-31-32-34-36-38-46(50)55-43-44(42-54-41-40-45(48(52)53)49(3,4)5)56-47(51)39-37-35-33-30-15-13-11-9-7-2/h8-11,14-16,18-19,21-22,30,44-45H,6-7,12-13,17,20,23-29,31-43H2,1-5H3/b10-8+,11-9+,16-14+,19-18+,22-21+,30-15+. The van der Waals surface area contributed by atoms with E-state index in [0.29, 0.717) is 12.8 Å². The Morgan fingerprint density at radius 1 is 0.536 bits per heavy atom. The predicted octanol–water partition coefficient (Wildman–Crippen LogP) is 10.6. The third-order valence-electron chi connectivity index (χ3n) is 9.34. The number of allylic oxidation sites excluding steroid dienone is 12. The van der Waals surface area contributed by atoms with Crippen molar-refractivity contribution >= 4 is 17.9 Å². The number of nitrogens with zero attached hydrogens (tertiary/aromatic N) is 1. The van der Waals surface area contributed by atoms with Crippen LogP contribution in [0.2, 0.25) is 0 Å². The van der Waals surface area contributed by atoms with Crippen LogP contribution < -0.4 is 5.11 Å². The average molecular weight is 784 g/mol. The van der Waals surface area contributed by atoms with Gasteiger partial charge in [-0.1, -0.05) is 138 Å². The molecule has 2 unspecified atom stereocenters. The molecule has 0 saturated heterocycles. The van der Waals surface area contributed by atoms with Crippen molar-refractivity contribution in [1.29, 1.82) is 0 Å². The van der Waals surface area contributed by atoms with Crippen molar-refractivity contribution in [1.82, 2.24) is 0 Å². The minimum atomic E-state index is -1.13. The molecule has 0 aliphatic carbocycles. The van der Waals surface area contributed by atoms with Crippen LogP contribution in [-0.4, -0.2) is 75.5 Å². The third kappa shape index (κ3) is 36.4. The first-order valence-electron chi connectivity index (χ1n) is 22.0. The van der Waals surface area contributed by atoms with Crippen LogP contribution in [0.5, 0.6) is 0 Å². The Kier molecular flexibility index (Phi) is 36.4. The molecule has 0 aromatic heterocycles. The third-order valence-corrected chi connectivity index (χ3v) is 9.34. The van der Waals surface area contributed by atoms with E-state index < -0.39 is 18.1 Å². The number of rotatable bonds is 38. The highest BCUT2D eigenvalue weighted by molar-refractivity contribution is 5.70. The molecular formula is C48H81NO7. The van der Waals surface area contributed by atoms with Crippen molar-refractivity contribution in [2.24, 2.45) is 0 Å². The van der Waals surface area contributed by atoms with Gasteiger partial charge in [-0.2, -0.15) is 0 Å². The summed E-state index contributed by atoms with van der Waals surface area (Å²) in [5.41, 5.74) is 0. The van der Waals surface area contributed by atoms with E-state index in [0.717, 1.165) is 70.6 Å². The maximum atomic E-state index is 12.6. The topological polar surface area (TPSA) is 102 Å². The van der Waals surface area contributed by atoms with Crippen molar-refractivity contribution in [2.45, 2.75) is 174 Å². The molecule has 0 amide bonds. The lowest BCUT2D eigenvalue weighted by Gasteiger charge is -2.34. The van der Waals surface area contributed by atoms with Gasteiger partial charge in [0, 0.05) is 19.3 Å². The fraction of sp³-hybridized carbons (Fsp3) is 0.688. The summed E-state index contributed by atoms with van der Waals surface area (Å²) in [6.45, 7) is 4.36. The summed E-state index contributed by atoms with van der Waals surface area (Å²) in [7, 11) is 5.38. The summed E-state index contributed by atoms with van der Waals surface area (Å²) in [4.78, 5) is 36.7. The maximum Gasteiger partial charge on any atom is 0.306 e. The first-order chi connectivity index (χ1) is 27.1. The smallest absolute Gasteiger partial charge is 0.306 e. The molecule has 0 saturated carbocycles. The van der Waals surface area contributed by atoms with Gasteiger partial charge in [0.25, 0.3) is 0 Å². The van der Waals surface area contributed by atoms with E-state index in [1.807, 2.05) is 0 Å². The maximum absolute atomic E-state index is 12.6. The lowest BCUT2D eigenvalue weighted by molar-refractivity contribution is -0.889. The van der Waals surface area contributed by atoms with Gasteiger partial charge in [0.2, 0.25) is 0 Å². The van der Waals surface area contributed by atoms with Gasteiger partial charge in [0.15, 0.2) is 6.10 Å². The quantitative estimate of drug-likeness (QED) is 0.0266. The molecule has 0 aliphatic rings. The Bertz CT molecular complexity index is 1140. The highest BCUT2D eigenvalue weighted by atomic mass is 16.6. The number of hydrogen-bond donors (Lipinski definition) is 0. The number of ether oxygens (including phenoxy) is 3. The lowest BCUT2D eigenvalue weighted by atomic mass is 10.1. The number of likely N-dealkylation sites (N-methyl/N-ethyl adjacent to an activating group) is 1. The highest BCUT2D eigenvalue weighted by Crippen LogP contribution is 2.14. The SMILES string of the molecule is CC/C=C/C/C=C/C/C=C/C/C=C/CCCCCCCCCCCCC(=O)OCC(COCCC(C(=O)[O-])[N+](C)(C)C)OC(=O)CCCC/C=C/C/C=C/CC. The number of carboxylic acid groups (broad SMARTS) is 1. The molecule has 0 heterocycles. The van der Waals surface area contributed by atoms with Gasteiger partial charge in [-0.3, -0.25) is 9.59 Å². The molecule has 8 nitrogen and oxygen atoms in total. The monoisotopic (exact) mass is 784 g/mol. The van der Waals surface area contributed by atoms with Crippen LogP contribution in [0, 0.1) is 0 Å². The predicted molar refractivity (Wildman–Crippen MR) is 231 cm³/mol. The minimum Gasteiger partial charge on any atom is -0.544 e. The Labute approximate surface area is 342 Å². The van der Waals surface area contributed by atoms with E-state index in [4.69, 9.17) is 14.2 Å². The fourth-order valence-electron chi connectivity index (χ4n) is 5.98. The molecule has 0 radical (unpaired) electrons. The molecule has 320 valence electrons. The molecule has 8 heteroatoms. The molecule has 0 aromatic rings. The van der Waals surface area contributed by atoms with Gasteiger partial charge < -0.3 is 28.6 Å². The summed E-state index contributed by atoms with van der Waals surface area (Å²) in [5.74, 6) is -1.80. The molecule has 0 bridgehead atoms. The molecular weight excluding hydrogens is 703 g/mol. The molecule has 0 spiro atoms. The normalized spacial score (nSPS) is 13.7. The fourth-order valence-corrected chi connectivity index (χ4v) is 5.98. The number of carboxylic acids is 1. The first kappa shape index (κ1) is 52.8. The highest BCUT2D eigenvalue weighted by Gasteiger charge is 2.25. The van der Waals surface area contributed by atoms with Crippen molar-refractivity contribution in [3.8, 4) is 0 Å². The molecule has 0 aromatic carbocycles. The van der Waals surface area contributed by atoms with Crippen molar-refractivity contribution < 1.29 is 38.2 Å². The van der Waals surface area contributed by atoms with E-state index in [1.54, 1.807) is 21.1 Å². The van der Waals surface area contributed by atoms with Gasteiger partial charge >= 0.3 is 11.9 Å². The number of quaternary nitrogens is 1. The number of unbranched alkanes of at least 4 members (excludes halogenated alkanes) is 12. The zero-order valence-electron chi connectivity index (χ0n) is 36.3.